The quantitative estimate of drug-likeness (QED) is 0.722. The average Bonchev–Trinajstić information content (AvgIpc) is 2.58. The highest BCUT2D eigenvalue weighted by Crippen LogP contribution is 2.18. The van der Waals surface area contributed by atoms with E-state index in [-0.39, 0.29) is 0 Å². The molecule has 0 radical (unpaired) electrons. The number of anilines is 1. The van der Waals surface area contributed by atoms with Gasteiger partial charge in [0.25, 0.3) is 0 Å². The van der Waals surface area contributed by atoms with Crippen molar-refractivity contribution in [3.8, 4) is 12.3 Å². The van der Waals surface area contributed by atoms with E-state index in [2.05, 4.69) is 16.2 Å². The standard InChI is InChI=1S/C11H11N3/c1-3-8-14-10-7-5-4-6-9(10)13-11(14)12-2/h1,4-7H,8H2,2H3,(H,12,13). The van der Waals surface area contributed by atoms with E-state index in [0.717, 1.165) is 17.0 Å². The molecule has 0 saturated heterocycles. The van der Waals surface area contributed by atoms with Crippen molar-refractivity contribution in [2.24, 2.45) is 0 Å². The summed E-state index contributed by atoms with van der Waals surface area (Å²) in [7, 11) is 1.84. The zero-order chi connectivity index (χ0) is 9.97. The van der Waals surface area contributed by atoms with Crippen LogP contribution in [0, 0.1) is 12.3 Å². The summed E-state index contributed by atoms with van der Waals surface area (Å²) in [4.78, 5) is 4.41. The number of terminal acetylenes is 1. The number of imidazole rings is 1. The second kappa shape index (κ2) is 3.43. The molecule has 0 amide bonds. The molecule has 3 nitrogen and oxygen atoms in total. The number of nitrogens with zero attached hydrogens (tertiary/aromatic N) is 2. The Morgan fingerprint density at radius 1 is 1.50 bits per heavy atom. The second-order valence-corrected chi connectivity index (χ2v) is 2.96. The van der Waals surface area contributed by atoms with Crippen molar-refractivity contribution in [3.63, 3.8) is 0 Å². The average molecular weight is 185 g/mol. The Morgan fingerprint density at radius 2 is 2.29 bits per heavy atom. The van der Waals surface area contributed by atoms with Gasteiger partial charge in [0.05, 0.1) is 17.6 Å². The van der Waals surface area contributed by atoms with Crippen LogP contribution >= 0.6 is 0 Å². The Morgan fingerprint density at radius 3 is 3.00 bits per heavy atom. The van der Waals surface area contributed by atoms with Gasteiger partial charge in [-0.25, -0.2) is 4.98 Å². The summed E-state index contributed by atoms with van der Waals surface area (Å²) in [5.41, 5.74) is 2.03. The van der Waals surface area contributed by atoms with Gasteiger partial charge in [0.15, 0.2) is 0 Å². The van der Waals surface area contributed by atoms with Crippen molar-refractivity contribution < 1.29 is 0 Å². The molecule has 0 atom stereocenters. The molecular weight excluding hydrogens is 174 g/mol. The van der Waals surface area contributed by atoms with Crippen LogP contribution in [-0.2, 0) is 6.54 Å². The predicted octanol–water partition coefficient (Wildman–Crippen LogP) is 1.71. The number of nitrogens with one attached hydrogen (secondary N) is 1. The van der Waals surface area contributed by atoms with Gasteiger partial charge in [-0.15, -0.1) is 6.42 Å². The first-order chi connectivity index (χ1) is 6.86. The highest BCUT2D eigenvalue weighted by atomic mass is 15.2. The molecule has 2 aromatic rings. The molecule has 0 saturated carbocycles. The number of aromatic nitrogens is 2. The van der Waals surface area contributed by atoms with Gasteiger partial charge >= 0.3 is 0 Å². The minimum atomic E-state index is 0.538. The first-order valence-electron chi connectivity index (χ1n) is 4.43. The summed E-state index contributed by atoms with van der Waals surface area (Å²) in [6, 6.07) is 7.94. The third-order valence-corrected chi connectivity index (χ3v) is 2.13. The van der Waals surface area contributed by atoms with Crippen LogP contribution in [0.25, 0.3) is 11.0 Å². The molecule has 14 heavy (non-hydrogen) atoms. The van der Waals surface area contributed by atoms with Gasteiger partial charge < -0.3 is 5.32 Å². The summed E-state index contributed by atoms with van der Waals surface area (Å²) in [5, 5.41) is 3.03. The van der Waals surface area contributed by atoms with E-state index in [9.17, 15) is 0 Å². The molecule has 0 bridgehead atoms. The fourth-order valence-corrected chi connectivity index (χ4v) is 1.52. The van der Waals surface area contributed by atoms with Gasteiger partial charge in [0, 0.05) is 7.05 Å². The van der Waals surface area contributed by atoms with Crippen molar-refractivity contribution in [2.45, 2.75) is 6.54 Å². The van der Waals surface area contributed by atoms with Crippen molar-refractivity contribution in [3.05, 3.63) is 24.3 Å². The minimum Gasteiger partial charge on any atom is -0.359 e. The normalized spacial score (nSPS) is 10.0. The molecule has 0 unspecified atom stereocenters. The number of benzene rings is 1. The maximum atomic E-state index is 5.31. The molecule has 2 rings (SSSR count). The highest BCUT2D eigenvalue weighted by Gasteiger charge is 2.06. The Balaban J connectivity index is 2.69. The van der Waals surface area contributed by atoms with Gasteiger partial charge in [-0.1, -0.05) is 18.1 Å². The zero-order valence-corrected chi connectivity index (χ0v) is 7.99. The lowest BCUT2D eigenvalue weighted by atomic mass is 10.3. The molecule has 1 heterocycles. The van der Waals surface area contributed by atoms with E-state index in [0.29, 0.717) is 6.54 Å². The molecule has 70 valence electrons. The van der Waals surface area contributed by atoms with Crippen molar-refractivity contribution in [1.29, 1.82) is 0 Å². The number of para-hydroxylation sites is 2. The fourth-order valence-electron chi connectivity index (χ4n) is 1.52. The molecule has 3 heteroatoms. The fraction of sp³-hybridized carbons (Fsp3) is 0.182. The zero-order valence-electron chi connectivity index (χ0n) is 7.99. The van der Waals surface area contributed by atoms with E-state index in [1.807, 2.05) is 35.9 Å². The SMILES string of the molecule is C#CCn1c(NC)nc2ccccc21. The lowest BCUT2D eigenvalue weighted by Gasteiger charge is -2.02. The number of hydrogen-bond acceptors (Lipinski definition) is 2. The third-order valence-electron chi connectivity index (χ3n) is 2.13. The molecule has 0 aliphatic carbocycles. The molecule has 1 N–H and O–H groups in total. The number of fused-ring (bicyclic) bond motifs is 1. The molecular formula is C11H11N3. The van der Waals surface area contributed by atoms with Crippen LogP contribution < -0.4 is 5.32 Å². The Hall–Kier alpha value is -1.95. The first-order valence-corrected chi connectivity index (χ1v) is 4.43. The van der Waals surface area contributed by atoms with E-state index < -0.39 is 0 Å². The van der Waals surface area contributed by atoms with E-state index in [4.69, 9.17) is 6.42 Å². The van der Waals surface area contributed by atoms with Crippen LogP contribution in [0.5, 0.6) is 0 Å². The Bertz CT molecular complexity index is 491. The molecule has 0 aliphatic heterocycles. The van der Waals surface area contributed by atoms with Crippen LogP contribution in [0.1, 0.15) is 0 Å². The summed E-state index contributed by atoms with van der Waals surface area (Å²) in [6.07, 6.45) is 5.31. The first kappa shape index (κ1) is 8.64. The van der Waals surface area contributed by atoms with Crippen LogP contribution in [0.15, 0.2) is 24.3 Å². The summed E-state index contributed by atoms with van der Waals surface area (Å²) in [6.45, 7) is 0.538. The van der Waals surface area contributed by atoms with Gasteiger partial charge in [-0.05, 0) is 12.1 Å². The van der Waals surface area contributed by atoms with Crippen LogP contribution in [0.4, 0.5) is 5.95 Å². The van der Waals surface area contributed by atoms with Crippen molar-refractivity contribution in [1.82, 2.24) is 9.55 Å². The Kier molecular flexibility index (Phi) is 2.11. The highest BCUT2D eigenvalue weighted by molar-refractivity contribution is 5.78. The predicted molar refractivity (Wildman–Crippen MR) is 58.1 cm³/mol. The van der Waals surface area contributed by atoms with Gasteiger partial charge in [-0.3, -0.25) is 4.57 Å². The van der Waals surface area contributed by atoms with E-state index >= 15 is 0 Å². The van der Waals surface area contributed by atoms with Gasteiger partial charge in [0.1, 0.15) is 0 Å². The molecule has 1 aromatic heterocycles. The lowest BCUT2D eigenvalue weighted by molar-refractivity contribution is 0.878. The van der Waals surface area contributed by atoms with Crippen molar-refractivity contribution in [2.75, 3.05) is 12.4 Å². The maximum Gasteiger partial charge on any atom is 0.204 e. The number of hydrogen-bond donors (Lipinski definition) is 1. The minimum absolute atomic E-state index is 0.538. The second-order valence-electron chi connectivity index (χ2n) is 2.96. The number of rotatable bonds is 2. The van der Waals surface area contributed by atoms with Crippen LogP contribution in [0.2, 0.25) is 0 Å². The molecule has 0 spiro atoms. The van der Waals surface area contributed by atoms with Gasteiger partial charge in [-0.2, -0.15) is 0 Å². The van der Waals surface area contributed by atoms with Crippen molar-refractivity contribution >= 4 is 17.0 Å². The smallest absolute Gasteiger partial charge is 0.204 e. The summed E-state index contributed by atoms with van der Waals surface area (Å²) >= 11 is 0. The van der Waals surface area contributed by atoms with Crippen LogP contribution in [0.3, 0.4) is 0 Å². The van der Waals surface area contributed by atoms with Crippen LogP contribution in [-0.4, -0.2) is 16.6 Å². The summed E-state index contributed by atoms with van der Waals surface area (Å²) < 4.78 is 1.98. The third kappa shape index (κ3) is 1.21. The maximum absolute atomic E-state index is 5.31. The van der Waals surface area contributed by atoms with Gasteiger partial charge in [0.2, 0.25) is 5.95 Å². The molecule has 1 aromatic carbocycles. The summed E-state index contributed by atoms with van der Waals surface area (Å²) in [5.74, 6) is 3.43. The monoisotopic (exact) mass is 185 g/mol. The van der Waals surface area contributed by atoms with E-state index in [1.165, 1.54) is 0 Å². The largest absolute Gasteiger partial charge is 0.359 e. The lowest BCUT2D eigenvalue weighted by Crippen LogP contribution is -2.02. The van der Waals surface area contributed by atoms with E-state index in [1.54, 1.807) is 0 Å². The molecule has 0 fully saturated rings. The topological polar surface area (TPSA) is 29.9 Å². The molecule has 0 aliphatic rings. The Labute approximate surface area is 82.8 Å².